The van der Waals surface area contributed by atoms with E-state index in [9.17, 15) is 4.79 Å². The van der Waals surface area contributed by atoms with Crippen LogP contribution < -0.4 is 4.90 Å². The zero-order valence-corrected chi connectivity index (χ0v) is 16.5. The van der Waals surface area contributed by atoms with Gasteiger partial charge in [0.05, 0.1) is 0 Å². The SMILES string of the molecule is CN(C)CCCN1CC2(CCC1=O)CCN(c1nnc3ccccn13)CC2. The fraction of sp³-hybridized carbons (Fsp3) is 0.650. The largest absolute Gasteiger partial charge is 0.342 e. The summed E-state index contributed by atoms with van der Waals surface area (Å²) in [5.74, 6) is 1.28. The molecule has 2 saturated heterocycles. The van der Waals surface area contributed by atoms with Crippen molar-refractivity contribution >= 4 is 17.5 Å². The molecule has 1 spiro atoms. The second-order valence-corrected chi connectivity index (χ2v) is 8.39. The number of hydrogen-bond acceptors (Lipinski definition) is 5. The first kappa shape index (κ1) is 18.2. The lowest BCUT2D eigenvalue weighted by atomic mass is 9.72. The summed E-state index contributed by atoms with van der Waals surface area (Å²) in [6, 6.07) is 5.99. The summed E-state index contributed by atoms with van der Waals surface area (Å²) in [4.78, 5) is 19.0. The molecule has 27 heavy (non-hydrogen) atoms. The van der Waals surface area contributed by atoms with E-state index in [1.807, 2.05) is 24.4 Å². The van der Waals surface area contributed by atoms with Gasteiger partial charge in [-0.2, -0.15) is 0 Å². The van der Waals surface area contributed by atoms with Crippen LogP contribution in [0.2, 0.25) is 0 Å². The van der Waals surface area contributed by atoms with Crippen molar-refractivity contribution in [2.24, 2.45) is 5.41 Å². The highest BCUT2D eigenvalue weighted by molar-refractivity contribution is 5.77. The van der Waals surface area contributed by atoms with E-state index in [1.165, 1.54) is 0 Å². The third-order valence-electron chi connectivity index (χ3n) is 6.18. The molecule has 2 fully saturated rings. The van der Waals surface area contributed by atoms with Crippen molar-refractivity contribution in [1.82, 2.24) is 24.4 Å². The third-order valence-corrected chi connectivity index (χ3v) is 6.18. The van der Waals surface area contributed by atoms with Crippen molar-refractivity contribution < 1.29 is 4.79 Å². The van der Waals surface area contributed by atoms with E-state index in [-0.39, 0.29) is 5.41 Å². The Hall–Kier alpha value is -2.15. The summed E-state index contributed by atoms with van der Waals surface area (Å²) in [6.07, 6.45) is 7.05. The van der Waals surface area contributed by atoms with Crippen LogP contribution in [0, 0.1) is 5.41 Å². The van der Waals surface area contributed by atoms with Crippen LogP contribution in [0.15, 0.2) is 24.4 Å². The average molecular weight is 371 g/mol. The lowest BCUT2D eigenvalue weighted by molar-refractivity contribution is -0.138. The van der Waals surface area contributed by atoms with E-state index in [0.717, 1.165) is 70.0 Å². The van der Waals surface area contributed by atoms with Crippen molar-refractivity contribution in [3.63, 3.8) is 0 Å². The monoisotopic (exact) mass is 370 g/mol. The fourth-order valence-corrected chi connectivity index (χ4v) is 4.52. The third kappa shape index (κ3) is 3.78. The smallest absolute Gasteiger partial charge is 0.231 e. The molecule has 2 aromatic heterocycles. The first-order valence-corrected chi connectivity index (χ1v) is 10.0. The zero-order valence-electron chi connectivity index (χ0n) is 16.5. The average Bonchev–Trinajstić information content (AvgIpc) is 3.09. The van der Waals surface area contributed by atoms with Crippen molar-refractivity contribution in [2.45, 2.75) is 32.1 Å². The van der Waals surface area contributed by atoms with Gasteiger partial charge >= 0.3 is 0 Å². The number of anilines is 1. The Kier molecular flexibility index (Phi) is 5.04. The van der Waals surface area contributed by atoms with Gasteiger partial charge in [-0.1, -0.05) is 6.07 Å². The van der Waals surface area contributed by atoms with Crippen molar-refractivity contribution in [3.8, 4) is 0 Å². The minimum Gasteiger partial charge on any atom is -0.342 e. The molecule has 0 atom stereocenters. The van der Waals surface area contributed by atoms with Crippen LogP contribution in [0.1, 0.15) is 32.1 Å². The second-order valence-electron chi connectivity index (χ2n) is 8.39. The number of piperidine rings is 2. The van der Waals surface area contributed by atoms with Gasteiger partial charge in [0.1, 0.15) is 0 Å². The molecule has 0 N–H and O–H groups in total. The van der Waals surface area contributed by atoms with Crippen LogP contribution in [-0.4, -0.2) is 77.1 Å². The summed E-state index contributed by atoms with van der Waals surface area (Å²) in [5, 5.41) is 8.69. The van der Waals surface area contributed by atoms with Gasteiger partial charge in [0, 0.05) is 38.8 Å². The molecule has 1 amide bonds. The number of likely N-dealkylation sites (tertiary alicyclic amines) is 1. The maximum atomic E-state index is 12.4. The van der Waals surface area contributed by atoms with Gasteiger partial charge in [0.15, 0.2) is 5.65 Å². The van der Waals surface area contributed by atoms with Gasteiger partial charge < -0.3 is 14.7 Å². The van der Waals surface area contributed by atoms with Gasteiger partial charge in [0.2, 0.25) is 11.9 Å². The van der Waals surface area contributed by atoms with Crippen molar-refractivity contribution in [3.05, 3.63) is 24.4 Å². The van der Waals surface area contributed by atoms with Gasteiger partial charge in [-0.25, -0.2) is 0 Å². The molecular formula is C20H30N6O. The van der Waals surface area contributed by atoms with E-state index in [2.05, 4.69) is 43.4 Å². The summed E-state index contributed by atoms with van der Waals surface area (Å²) >= 11 is 0. The van der Waals surface area contributed by atoms with Crippen molar-refractivity contribution in [1.29, 1.82) is 0 Å². The number of fused-ring (bicyclic) bond motifs is 1. The van der Waals surface area contributed by atoms with Crippen LogP contribution in [0.3, 0.4) is 0 Å². The van der Waals surface area contributed by atoms with Crippen molar-refractivity contribution in [2.75, 3.05) is 51.7 Å². The number of carbonyl (C=O) groups is 1. The number of carbonyl (C=O) groups excluding carboxylic acids is 1. The van der Waals surface area contributed by atoms with E-state index in [1.54, 1.807) is 0 Å². The summed E-state index contributed by atoms with van der Waals surface area (Å²) in [7, 11) is 4.17. The Morgan fingerprint density at radius 2 is 1.96 bits per heavy atom. The Labute approximate surface area is 160 Å². The molecule has 0 aromatic carbocycles. The maximum absolute atomic E-state index is 12.4. The van der Waals surface area contributed by atoms with E-state index in [4.69, 9.17) is 0 Å². The Balaban J connectivity index is 1.39. The van der Waals surface area contributed by atoms with Gasteiger partial charge in [0.25, 0.3) is 0 Å². The number of rotatable bonds is 5. The molecule has 0 radical (unpaired) electrons. The molecule has 4 rings (SSSR count). The summed E-state index contributed by atoms with van der Waals surface area (Å²) < 4.78 is 2.07. The highest BCUT2D eigenvalue weighted by Gasteiger charge is 2.41. The molecule has 0 bridgehead atoms. The summed E-state index contributed by atoms with van der Waals surface area (Å²) in [5.41, 5.74) is 1.17. The summed E-state index contributed by atoms with van der Waals surface area (Å²) in [6.45, 7) is 4.81. The number of amides is 1. The molecule has 0 saturated carbocycles. The predicted molar refractivity (Wildman–Crippen MR) is 106 cm³/mol. The van der Waals surface area contributed by atoms with Crippen LogP contribution in [0.25, 0.3) is 5.65 Å². The minimum absolute atomic E-state index is 0.281. The Morgan fingerprint density at radius 3 is 2.74 bits per heavy atom. The highest BCUT2D eigenvalue weighted by Crippen LogP contribution is 2.41. The van der Waals surface area contributed by atoms with Gasteiger partial charge in [-0.15, -0.1) is 10.2 Å². The Morgan fingerprint density at radius 1 is 1.15 bits per heavy atom. The molecular weight excluding hydrogens is 340 g/mol. The predicted octanol–water partition coefficient (Wildman–Crippen LogP) is 1.89. The molecule has 0 aliphatic carbocycles. The maximum Gasteiger partial charge on any atom is 0.231 e. The molecule has 4 heterocycles. The quantitative estimate of drug-likeness (QED) is 0.804. The van der Waals surface area contributed by atoms with E-state index in [0.29, 0.717) is 12.3 Å². The first-order valence-electron chi connectivity index (χ1n) is 10.0. The standard InChI is InChI=1S/C20H30N6O/c1-23(2)11-5-12-25-16-20(8-7-18(25)27)9-14-24(15-10-20)19-22-21-17-6-3-4-13-26(17)19/h3-4,6,13H,5,7-12,14-16H2,1-2H3. The number of aromatic nitrogens is 3. The van der Waals surface area contributed by atoms with Gasteiger partial charge in [-0.3, -0.25) is 9.20 Å². The number of nitrogens with zero attached hydrogens (tertiary/aromatic N) is 6. The number of hydrogen-bond donors (Lipinski definition) is 0. The molecule has 0 unspecified atom stereocenters. The normalized spacial score (nSPS) is 20.2. The topological polar surface area (TPSA) is 57.0 Å². The van der Waals surface area contributed by atoms with Gasteiger partial charge in [-0.05, 0) is 63.9 Å². The molecule has 146 valence electrons. The van der Waals surface area contributed by atoms with Crippen LogP contribution in [0.4, 0.5) is 5.95 Å². The number of pyridine rings is 1. The molecule has 7 nitrogen and oxygen atoms in total. The van der Waals surface area contributed by atoms with Crippen LogP contribution >= 0.6 is 0 Å². The van der Waals surface area contributed by atoms with E-state index >= 15 is 0 Å². The molecule has 2 aliphatic heterocycles. The molecule has 2 aliphatic rings. The molecule has 7 heteroatoms. The highest BCUT2D eigenvalue weighted by atomic mass is 16.2. The Bertz CT molecular complexity index is 793. The lowest BCUT2D eigenvalue weighted by Gasteiger charge is -2.47. The fourth-order valence-electron chi connectivity index (χ4n) is 4.52. The van der Waals surface area contributed by atoms with Crippen LogP contribution in [-0.2, 0) is 4.79 Å². The molecule has 2 aromatic rings. The minimum atomic E-state index is 0.281. The lowest BCUT2D eigenvalue weighted by Crippen LogP contribution is -2.52. The first-order chi connectivity index (χ1) is 13.1. The van der Waals surface area contributed by atoms with E-state index < -0.39 is 0 Å². The second kappa shape index (κ2) is 7.46. The van der Waals surface area contributed by atoms with Crippen LogP contribution in [0.5, 0.6) is 0 Å². The zero-order chi connectivity index (χ0) is 18.9.